The van der Waals surface area contributed by atoms with Gasteiger partial charge in [0.25, 0.3) is 0 Å². The zero-order valence-corrected chi connectivity index (χ0v) is 15.8. The molecule has 1 aliphatic carbocycles. The van der Waals surface area contributed by atoms with Crippen LogP contribution in [0.2, 0.25) is 0 Å². The number of piperazine rings is 1. The molecule has 2 fully saturated rings. The number of imidazole rings is 1. The first-order chi connectivity index (χ1) is 13.8. The van der Waals surface area contributed by atoms with E-state index in [-0.39, 0.29) is 29.4 Å². The highest BCUT2D eigenvalue weighted by molar-refractivity contribution is 5.81. The minimum Gasteiger partial charge on any atom is -0.352 e. The standard InChI is InChI=1S/C19H22F3N5O2/c20-19(21,22)18-24-14-3-1-2-4-15(14)27(18)12-17(29)26-9-7-25(8-10-26)11-16(28)23-13-5-6-13/h1-4,13H,5-12H2,(H,23,28). The number of carbonyl (C=O) groups excluding carboxylic acids is 2. The van der Waals surface area contributed by atoms with Gasteiger partial charge in [0, 0.05) is 32.2 Å². The summed E-state index contributed by atoms with van der Waals surface area (Å²) in [6.07, 6.45) is -2.60. The zero-order chi connectivity index (χ0) is 20.6. The molecule has 2 aliphatic rings. The maximum Gasteiger partial charge on any atom is 0.449 e. The van der Waals surface area contributed by atoms with Crippen LogP contribution in [0.1, 0.15) is 18.7 Å². The van der Waals surface area contributed by atoms with Gasteiger partial charge in [-0.25, -0.2) is 4.98 Å². The lowest BCUT2D eigenvalue weighted by Crippen LogP contribution is -2.52. The fraction of sp³-hybridized carbons (Fsp3) is 0.526. The average Bonchev–Trinajstić information content (AvgIpc) is 3.40. The smallest absolute Gasteiger partial charge is 0.352 e. The number of nitrogens with one attached hydrogen (secondary N) is 1. The average molecular weight is 409 g/mol. The first kappa shape index (κ1) is 19.7. The maximum atomic E-state index is 13.4. The Morgan fingerprint density at radius 3 is 2.41 bits per heavy atom. The van der Waals surface area contributed by atoms with Gasteiger partial charge in [-0.2, -0.15) is 13.2 Å². The van der Waals surface area contributed by atoms with E-state index in [1.54, 1.807) is 17.0 Å². The van der Waals surface area contributed by atoms with E-state index in [2.05, 4.69) is 10.3 Å². The van der Waals surface area contributed by atoms with Crippen molar-refractivity contribution in [1.29, 1.82) is 0 Å². The summed E-state index contributed by atoms with van der Waals surface area (Å²) in [7, 11) is 0. The quantitative estimate of drug-likeness (QED) is 0.812. The fourth-order valence-corrected chi connectivity index (χ4v) is 3.55. The van der Waals surface area contributed by atoms with E-state index < -0.39 is 18.5 Å². The summed E-state index contributed by atoms with van der Waals surface area (Å²) in [5, 5.41) is 2.92. The SMILES string of the molecule is O=C(CN1CCN(C(=O)Cn2c(C(F)(F)F)nc3ccccc32)CC1)NC1CC1. The molecule has 2 heterocycles. The molecule has 156 valence electrons. The number of alkyl halides is 3. The lowest BCUT2D eigenvalue weighted by Gasteiger charge is -2.34. The molecule has 10 heteroatoms. The van der Waals surface area contributed by atoms with Crippen molar-refractivity contribution in [2.24, 2.45) is 0 Å². The first-order valence-corrected chi connectivity index (χ1v) is 9.63. The molecule has 2 aromatic rings. The Labute approximate surface area is 165 Å². The van der Waals surface area contributed by atoms with E-state index in [0.717, 1.165) is 17.4 Å². The third kappa shape index (κ3) is 4.52. The topological polar surface area (TPSA) is 70.5 Å². The Kier molecular flexibility index (Phi) is 5.20. The molecule has 0 atom stereocenters. The lowest BCUT2D eigenvalue weighted by atomic mass is 10.3. The summed E-state index contributed by atoms with van der Waals surface area (Å²) >= 11 is 0. The van der Waals surface area contributed by atoms with Gasteiger partial charge < -0.3 is 14.8 Å². The number of para-hydroxylation sites is 2. The van der Waals surface area contributed by atoms with E-state index >= 15 is 0 Å². The number of benzene rings is 1. The predicted octanol–water partition coefficient (Wildman–Crippen LogP) is 1.48. The molecule has 7 nitrogen and oxygen atoms in total. The van der Waals surface area contributed by atoms with Gasteiger partial charge in [0.05, 0.1) is 17.6 Å². The molecule has 2 amide bonds. The number of nitrogens with zero attached hydrogens (tertiary/aromatic N) is 4. The Bertz CT molecular complexity index is 914. The molecule has 1 aromatic heterocycles. The van der Waals surface area contributed by atoms with Crippen LogP contribution in [0.15, 0.2) is 24.3 Å². The normalized spacial score (nSPS) is 18.2. The van der Waals surface area contributed by atoms with Crippen LogP contribution in [0.4, 0.5) is 13.2 Å². The van der Waals surface area contributed by atoms with Gasteiger partial charge in [0.2, 0.25) is 17.6 Å². The number of halogens is 3. The molecule has 0 radical (unpaired) electrons. The van der Waals surface area contributed by atoms with Crippen molar-refractivity contribution in [3.8, 4) is 0 Å². The molecule has 29 heavy (non-hydrogen) atoms. The summed E-state index contributed by atoms with van der Waals surface area (Å²) in [6.45, 7) is 1.65. The first-order valence-electron chi connectivity index (χ1n) is 9.63. The third-order valence-electron chi connectivity index (χ3n) is 5.24. The molecule has 0 bridgehead atoms. The van der Waals surface area contributed by atoms with Gasteiger partial charge in [-0.1, -0.05) is 12.1 Å². The van der Waals surface area contributed by atoms with Crippen molar-refractivity contribution in [1.82, 2.24) is 24.7 Å². The molecule has 1 saturated carbocycles. The highest BCUT2D eigenvalue weighted by atomic mass is 19.4. The van der Waals surface area contributed by atoms with Crippen molar-refractivity contribution < 1.29 is 22.8 Å². The van der Waals surface area contributed by atoms with Crippen LogP contribution < -0.4 is 5.32 Å². The molecule has 0 unspecified atom stereocenters. The molecular formula is C19H22F3N5O2. The fourth-order valence-electron chi connectivity index (χ4n) is 3.55. The van der Waals surface area contributed by atoms with E-state index in [9.17, 15) is 22.8 Å². The Morgan fingerprint density at radius 1 is 1.07 bits per heavy atom. The predicted molar refractivity (Wildman–Crippen MR) is 98.9 cm³/mol. The van der Waals surface area contributed by atoms with Crippen molar-refractivity contribution in [2.45, 2.75) is 31.6 Å². The van der Waals surface area contributed by atoms with Gasteiger partial charge in [0.1, 0.15) is 6.54 Å². The third-order valence-corrected chi connectivity index (χ3v) is 5.24. The van der Waals surface area contributed by atoms with Gasteiger partial charge in [-0.15, -0.1) is 0 Å². The van der Waals surface area contributed by atoms with Gasteiger partial charge >= 0.3 is 6.18 Å². The van der Waals surface area contributed by atoms with Gasteiger partial charge in [0.15, 0.2) is 0 Å². The van der Waals surface area contributed by atoms with E-state index in [1.165, 1.54) is 12.1 Å². The molecule has 0 spiro atoms. The Morgan fingerprint density at radius 2 is 1.76 bits per heavy atom. The molecule has 1 aliphatic heterocycles. The van der Waals surface area contributed by atoms with Crippen molar-refractivity contribution in [3.63, 3.8) is 0 Å². The van der Waals surface area contributed by atoms with Crippen molar-refractivity contribution in [3.05, 3.63) is 30.1 Å². The summed E-state index contributed by atoms with van der Waals surface area (Å²) in [5.74, 6) is -1.48. The minimum absolute atomic E-state index is 0.0213. The lowest BCUT2D eigenvalue weighted by molar-refractivity contribution is -0.148. The second-order valence-corrected chi connectivity index (χ2v) is 7.51. The second kappa shape index (κ2) is 7.66. The minimum atomic E-state index is -4.65. The number of hydrogen-bond donors (Lipinski definition) is 1. The van der Waals surface area contributed by atoms with Crippen LogP contribution in [0.3, 0.4) is 0 Å². The van der Waals surface area contributed by atoms with Crippen LogP contribution >= 0.6 is 0 Å². The van der Waals surface area contributed by atoms with E-state index in [4.69, 9.17) is 0 Å². The summed E-state index contributed by atoms with van der Waals surface area (Å²) in [5.41, 5.74) is 0.489. The molecule has 4 rings (SSSR count). The summed E-state index contributed by atoms with van der Waals surface area (Å²) in [6, 6.07) is 6.56. The number of amides is 2. The molecular weight excluding hydrogens is 387 g/mol. The summed E-state index contributed by atoms with van der Waals surface area (Å²) < 4.78 is 41.1. The Hall–Kier alpha value is -2.62. The highest BCUT2D eigenvalue weighted by Gasteiger charge is 2.38. The maximum absolute atomic E-state index is 13.4. The van der Waals surface area contributed by atoms with Crippen molar-refractivity contribution in [2.75, 3.05) is 32.7 Å². The van der Waals surface area contributed by atoms with Gasteiger partial charge in [-0.3, -0.25) is 14.5 Å². The largest absolute Gasteiger partial charge is 0.449 e. The van der Waals surface area contributed by atoms with Crippen molar-refractivity contribution >= 4 is 22.8 Å². The van der Waals surface area contributed by atoms with Crippen LogP contribution in [-0.4, -0.2) is 69.9 Å². The van der Waals surface area contributed by atoms with Crippen LogP contribution in [0.25, 0.3) is 11.0 Å². The number of fused-ring (bicyclic) bond motifs is 1. The van der Waals surface area contributed by atoms with E-state index in [0.29, 0.717) is 32.2 Å². The number of carbonyl (C=O) groups is 2. The summed E-state index contributed by atoms with van der Waals surface area (Å²) in [4.78, 5) is 31.7. The zero-order valence-electron chi connectivity index (χ0n) is 15.8. The van der Waals surface area contributed by atoms with Gasteiger partial charge in [-0.05, 0) is 25.0 Å². The number of aromatic nitrogens is 2. The Balaban J connectivity index is 1.39. The van der Waals surface area contributed by atoms with Crippen LogP contribution in [0.5, 0.6) is 0 Å². The second-order valence-electron chi connectivity index (χ2n) is 7.51. The highest BCUT2D eigenvalue weighted by Crippen LogP contribution is 2.31. The monoisotopic (exact) mass is 409 g/mol. The number of rotatable bonds is 5. The van der Waals surface area contributed by atoms with E-state index in [1.807, 2.05) is 4.90 Å². The molecule has 1 aromatic carbocycles. The van der Waals surface area contributed by atoms with Crippen LogP contribution in [0, 0.1) is 0 Å². The molecule has 1 saturated heterocycles. The number of hydrogen-bond acceptors (Lipinski definition) is 4. The van der Waals surface area contributed by atoms with Crippen LogP contribution in [-0.2, 0) is 22.3 Å². The molecule has 1 N–H and O–H groups in total.